The lowest BCUT2D eigenvalue weighted by molar-refractivity contribution is 0.561. The highest BCUT2D eigenvalue weighted by atomic mass is 16.3. The second kappa shape index (κ2) is 3.20. The van der Waals surface area contributed by atoms with Gasteiger partial charge in [0.25, 0.3) is 0 Å². The molecule has 0 aliphatic rings. The van der Waals surface area contributed by atoms with E-state index in [4.69, 9.17) is 4.42 Å². The second-order valence-corrected chi connectivity index (χ2v) is 3.80. The highest BCUT2D eigenvalue weighted by Crippen LogP contribution is 2.23. The molecule has 0 spiro atoms. The number of aryl methyl sites for hydroxylation is 2. The molecule has 4 heteroatoms. The van der Waals surface area contributed by atoms with Crippen LogP contribution in [0.25, 0.3) is 22.4 Å². The molecule has 0 saturated heterocycles. The monoisotopic (exact) mass is 213 g/mol. The van der Waals surface area contributed by atoms with E-state index in [-0.39, 0.29) is 0 Å². The third-order valence-corrected chi connectivity index (χ3v) is 2.51. The van der Waals surface area contributed by atoms with E-state index in [0.29, 0.717) is 5.89 Å². The van der Waals surface area contributed by atoms with Gasteiger partial charge in [-0.05, 0) is 19.1 Å². The van der Waals surface area contributed by atoms with Crippen molar-refractivity contribution >= 4 is 11.1 Å². The predicted octanol–water partition coefficient (Wildman–Crippen LogP) is 2.83. The first-order valence-electron chi connectivity index (χ1n) is 5.11. The fourth-order valence-corrected chi connectivity index (χ4v) is 1.77. The fraction of sp³-hybridized carbons (Fsp3) is 0.167. The molecule has 0 unspecified atom stereocenters. The summed E-state index contributed by atoms with van der Waals surface area (Å²) >= 11 is 0. The van der Waals surface area contributed by atoms with Gasteiger partial charge in [-0.3, -0.25) is 0 Å². The van der Waals surface area contributed by atoms with Gasteiger partial charge in [0.15, 0.2) is 11.5 Å². The van der Waals surface area contributed by atoms with Crippen molar-refractivity contribution in [2.24, 2.45) is 0 Å². The van der Waals surface area contributed by atoms with Gasteiger partial charge >= 0.3 is 0 Å². The molecule has 2 heterocycles. The van der Waals surface area contributed by atoms with Gasteiger partial charge in [0, 0.05) is 12.5 Å². The number of oxazole rings is 1. The number of H-pyrrole nitrogens is 1. The zero-order chi connectivity index (χ0) is 11.1. The van der Waals surface area contributed by atoms with E-state index in [2.05, 4.69) is 15.0 Å². The van der Waals surface area contributed by atoms with Crippen molar-refractivity contribution < 1.29 is 4.42 Å². The quantitative estimate of drug-likeness (QED) is 0.676. The number of hydrogen-bond donors (Lipinski definition) is 1. The van der Waals surface area contributed by atoms with Gasteiger partial charge in [0.1, 0.15) is 11.3 Å². The average molecular weight is 213 g/mol. The first kappa shape index (κ1) is 9.15. The Labute approximate surface area is 92.3 Å². The lowest BCUT2D eigenvalue weighted by Crippen LogP contribution is -1.78. The van der Waals surface area contributed by atoms with Crippen molar-refractivity contribution in [1.82, 2.24) is 15.0 Å². The third-order valence-electron chi connectivity index (χ3n) is 2.51. The van der Waals surface area contributed by atoms with Crippen LogP contribution >= 0.6 is 0 Å². The average Bonchev–Trinajstić information content (AvgIpc) is 2.81. The van der Waals surface area contributed by atoms with Crippen molar-refractivity contribution in [3.8, 4) is 11.3 Å². The molecule has 0 saturated carbocycles. The maximum absolute atomic E-state index is 5.49. The number of imidazole rings is 1. The molecule has 4 nitrogen and oxygen atoms in total. The van der Waals surface area contributed by atoms with Gasteiger partial charge in [-0.25, -0.2) is 9.97 Å². The summed E-state index contributed by atoms with van der Waals surface area (Å²) in [6, 6.07) is 5.94. The molecule has 0 aliphatic carbocycles. The van der Waals surface area contributed by atoms with Crippen LogP contribution in [0.1, 0.15) is 11.7 Å². The molecule has 0 bridgehead atoms. The summed E-state index contributed by atoms with van der Waals surface area (Å²) in [5, 5.41) is 0. The molecule has 0 radical (unpaired) electrons. The molecule has 16 heavy (non-hydrogen) atoms. The molecule has 3 aromatic rings. The van der Waals surface area contributed by atoms with Crippen LogP contribution in [0.4, 0.5) is 0 Å². The first-order chi connectivity index (χ1) is 7.72. The molecule has 0 amide bonds. The van der Waals surface area contributed by atoms with Gasteiger partial charge in [-0.15, -0.1) is 0 Å². The number of hydrogen-bond acceptors (Lipinski definition) is 3. The molecule has 80 valence electrons. The van der Waals surface area contributed by atoms with Gasteiger partial charge in [0.2, 0.25) is 0 Å². The first-order valence-corrected chi connectivity index (χ1v) is 5.11. The lowest BCUT2D eigenvalue weighted by atomic mass is 10.1. The number of aromatic nitrogens is 3. The number of fused-ring (bicyclic) bond motifs is 1. The Hall–Kier alpha value is -2.10. The normalized spacial score (nSPS) is 11.1. The highest BCUT2D eigenvalue weighted by Gasteiger charge is 2.06. The lowest BCUT2D eigenvalue weighted by Gasteiger charge is -1.95. The number of nitrogens with one attached hydrogen (secondary N) is 1. The molecule has 3 rings (SSSR count). The topological polar surface area (TPSA) is 54.7 Å². The van der Waals surface area contributed by atoms with Crippen molar-refractivity contribution in [1.29, 1.82) is 0 Å². The van der Waals surface area contributed by atoms with Crippen molar-refractivity contribution in [3.05, 3.63) is 36.1 Å². The van der Waals surface area contributed by atoms with Crippen LogP contribution in [0.2, 0.25) is 0 Å². The molecule has 0 atom stereocenters. The van der Waals surface area contributed by atoms with E-state index in [9.17, 15) is 0 Å². The molecule has 1 aromatic carbocycles. The Morgan fingerprint density at radius 1 is 1.25 bits per heavy atom. The Morgan fingerprint density at radius 2 is 2.12 bits per heavy atom. The van der Waals surface area contributed by atoms with Crippen LogP contribution in [0.15, 0.2) is 28.8 Å². The van der Waals surface area contributed by atoms with E-state index in [1.54, 1.807) is 0 Å². The number of nitrogens with zero attached hydrogens (tertiary/aromatic N) is 2. The highest BCUT2D eigenvalue weighted by molar-refractivity contribution is 5.79. The molecule has 2 aromatic heterocycles. The Balaban J connectivity index is 2.17. The van der Waals surface area contributed by atoms with Crippen LogP contribution in [0.5, 0.6) is 0 Å². The maximum atomic E-state index is 5.49. The Kier molecular flexibility index (Phi) is 1.83. The zero-order valence-electron chi connectivity index (χ0n) is 9.11. The van der Waals surface area contributed by atoms with Gasteiger partial charge < -0.3 is 9.40 Å². The van der Waals surface area contributed by atoms with Gasteiger partial charge in [-0.1, -0.05) is 6.07 Å². The summed E-state index contributed by atoms with van der Waals surface area (Å²) < 4.78 is 5.49. The van der Waals surface area contributed by atoms with Crippen LogP contribution in [0.3, 0.4) is 0 Å². The number of aromatic amines is 1. The summed E-state index contributed by atoms with van der Waals surface area (Å²) in [5.74, 6) is 1.59. The van der Waals surface area contributed by atoms with Gasteiger partial charge in [-0.2, -0.15) is 0 Å². The van der Waals surface area contributed by atoms with Crippen LogP contribution in [-0.4, -0.2) is 15.0 Å². The SMILES string of the molecule is Cc1ncc(-c2ccc3nc(C)oc3c2)[nH]1. The summed E-state index contributed by atoms with van der Waals surface area (Å²) in [7, 11) is 0. The van der Waals surface area contributed by atoms with E-state index in [1.807, 2.05) is 38.2 Å². The Bertz CT molecular complexity index is 651. The van der Waals surface area contributed by atoms with E-state index < -0.39 is 0 Å². The third kappa shape index (κ3) is 1.39. The van der Waals surface area contributed by atoms with Crippen molar-refractivity contribution in [3.63, 3.8) is 0 Å². The van der Waals surface area contributed by atoms with E-state index >= 15 is 0 Å². The molecule has 1 N–H and O–H groups in total. The van der Waals surface area contributed by atoms with Crippen molar-refractivity contribution in [2.45, 2.75) is 13.8 Å². The fourth-order valence-electron chi connectivity index (χ4n) is 1.77. The van der Waals surface area contributed by atoms with Crippen LogP contribution in [0, 0.1) is 13.8 Å². The summed E-state index contributed by atoms with van der Waals surface area (Å²) in [6.45, 7) is 3.78. The summed E-state index contributed by atoms with van der Waals surface area (Å²) in [6.07, 6.45) is 1.82. The van der Waals surface area contributed by atoms with E-state index in [0.717, 1.165) is 28.2 Å². The summed E-state index contributed by atoms with van der Waals surface area (Å²) in [5.41, 5.74) is 3.75. The second-order valence-electron chi connectivity index (χ2n) is 3.80. The molecule has 0 aliphatic heterocycles. The van der Waals surface area contributed by atoms with E-state index in [1.165, 1.54) is 0 Å². The number of benzene rings is 1. The zero-order valence-corrected chi connectivity index (χ0v) is 9.11. The van der Waals surface area contributed by atoms with Crippen LogP contribution in [-0.2, 0) is 0 Å². The molecular weight excluding hydrogens is 202 g/mol. The minimum absolute atomic E-state index is 0.688. The smallest absolute Gasteiger partial charge is 0.192 e. The Morgan fingerprint density at radius 3 is 2.88 bits per heavy atom. The minimum atomic E-state index is 0.688. The maximum Gasteiger partial charge on any atom is 0.192 e. The predicted molar refractivity (Wildman–Crippen MR) is 61.1 cm³/mol. The molecule has 0 fully saturated rings. The minimum Gasteiger partial charge on any atom is -0.441 e. The van der Waals surface area contributed by atoms with Crippen LogP contribution < -0.4 is 0 Å². The van der Waals surface area contributed by atoms with Crippen molar-refractivity contribution in [2.75, 3.05) is 0 Å². The largest absolute Gasteiger partial charge is 0.441 e. The summed E-state index contributed by atoms with van der Waals surface area (Å²) in [4.78, 5) is 11.6. The number of rotatable bonds is 1. The van der Waals surface area contributed by atoms with Gasteiger partial charge in [0.05, 0.1) is 11.9 Å². The molecular formula is C12H11N3O. The standard InChI is InChI=1S/C12H11N3O/c1-7-13-6-11(14-7)9-3-4-10-12(5-9)16-8(2)15-10/h3-6H,1-2H3,(H,13,14).